The summed E-state index contributed by atoms with van der Waals surface area (Å²) in [6, 6.07) is -0.0576. The van der Waals surface area contributed by atoms with Crippen molar-refractivity contribution in [2.24, 2.45) is 5.92 Å². The van der Waals surface area contributed by atoms with E-state index in [0.717, 1.165) is 32.1 Å². The maximum absolute atomic E-state index is 12.2. The van der Waals surface area contributed by atoms with Crippen LogP contribution in [0.3, 0.4) is 0 Å². The Balaban J connectivity index is 1.43. The summed E-state index contributed by atoms with van der Waals surface area (Å²) in [5, 5.41) is 13.9. The summed E-state index contributed by atoms with van der Waals surface area (Å²) in [6.45, 7) is 14.1. The molecule has 8 nitrogen and oxygen atoms in total. The lowest BCUT2D eigenvalue weighted by atomic mass is 9.78. The maximum Gasteiger partial charge on any atom is 0.303 e. The first-order chi connectivity index (χ1) is 16.8. The van der Waals surface area contributed by atoms with Crippen LogP contribution in [0.4, 0.5) is 0 Å². The molecule has 0 aliphatic carbocycles. The van der Waals surface area contributed by atoms with Crippen molar-refractivity contribution in [1.82, 2.24) is 5.32 Å². The lowest BCUT2D eigenvalue weighted by Gasteiger charge is -2.45. The summed E-state index contributed by atoms with van der Waals surface area (Å²) in [6.07, 6.45) is 8.01. The number of rotatable bonds is 9. The molecule has 2 N–H and O–H groups in total. The second-order valence-electron chi connectivity index (χ2n) is 11.6. The molecule has 2 unspecified atom stereocenters. The molecule has 0 aromatic carbocycles. The highest BCUT2D eigenvalue weighted by molar-refractivity contribution is 5.87. The van der Waals surface area contributed by atoms with Gasteiger partial charge in [-0.05, 0) is 72.3 Å². The SMILES string of the molecule is CC(=O)O[C@@H](C)/C=C\C(=O)N[C@@H]1CC[C@H](C/C=C(\C)CC(C)C2OC(C)(C)C[C@@]3(CO3)[C@@H]2O)O[C@@H]1C. The normalized spacial score (nSPS) is 35.9. The Bertz CT molecular complexity index is 847. The molecular formula is C28H45NO7. The molecule has 8 atom stereocenters. The Hall–Kier alpha value is -1.74. The van der Waals surface area contributed by atoms with E-state index in [4.69, 9.17) is 18.9 Å². The van der Waals surface area contributed by atoms with Crippen molar-refractivity contribution < 1.29 is 33.6 Å². The van der Waals surface area contributed by atoms with Crippen LogP contribution in [0.5, 0.6) is 0 Å². The molecule has 1 spiro atoms. The molecule has 0 aromatic heterocycles. The number of hydrogen-bond donors (Lipinski definition) is 2. The molecule has 3 fully saturated rings. The molecule has 3 aliphatic rings. The van der Waals surface area contributed by atoms with E-state index in [-0.39, 0.29) is 47.7 Å². The minimum Gasteiger partial charge on any atom is -0.459 e. The lowest BCUT2D eigenvalue weighted by Crippen LogP contribution is -2.56. The van der Waals surface area contributed by atoms with E-state index in [0.29, 0.717) is 6.61 Å². The minimum absolute atomic E-state index is 0.0576. The molecule has 3 aliphatic heterocycles. The summed E-state index contributed by atoms with van der Waals surface area (Å²) in [5.41, 5.74) is 0.527. The average molecular weight is 508 g/mol. The topological polar surface area (TPSA) is 107 Å². The molecule has 204 valence electrons. The molecule has 0 saturated carbocycles. The zero-order valence-electron chi connectivity index (χ0n) is 22.9. The third-order valence-electron chi connectivity index (χ3n) is 7.45. The van der Waals surface area contributed by atoms with Crippen molar-refractivity contribution in [1.29, 1.82) is 0 Å². The fourth-order valence-corrected chi connectivity index (χ4v) is 5.62. The number of allylic oxidation sites excluding steroid dienone is 1. The van der Waals surface area contributed by atoms with Crippen LogP contribution in [0.1, 0.15) is 80.6 Å². The number of aliphatic hydroxyl groups is 1. The molecule has 0 aromatic rings. The highest BCUT2D eigenvalue weighted by Gasteiger charge is 2.61. The molecule has 3 heterocycles. The van der Waals surface area contributed by atoms with Gasteiger partial charge in [0.15, 0.2) is 0 Å². The number of amides is 1. The van der Waals surface area contributed by atoms with Gasteiger partial charge >= 0.3 is 5.97 Å². The summed E-state index contributed by atoms with van der Waals surface area (Å²) >= 11 is 0. The van der Waals surface area contributed by atoms with Crippen molar-refractivity contribution in [3.05, 3.63) is 23.8 Å². The molecule has 3 saturated heterocycles. The Labute approximate surface area is 215 Å². The number of aliphatic hydroxyl groups excluding tert-OH is 1. The molecule has 0 bridgehead atoms. The Morgan fingerprint density at radius 3 is 2.53 bits per heavy atom. The van der Waals surface area contributed by atoms with Gasteiger partial charge in [-0.2, -0.15) is 0 Å². The van der Waals surface area contributed by atoms with Gasteiger partial charge in [-0.25, -0.2) is 0 Å². The van der Waals surface area contributed by atoms with Gasteiger partial charge in [0, 0.05) is 19.4 Å². The predicted octanol–water partition coefficient (Wildman–Crippen LogP) is 3.61. The summed E-state index contributed by atoms with van der Waals surface area (Å²) in [5.74, 6) is -0.428. The van der Waals surface area contributed by atoms with E-state index < -0.39 is 17.8 Å². The van der Waals surface area contributed by atoms with E-state index in [9.17, 15) is 14.7 Å². The number of hydrogen-bond acceptors (Lipinski definition) is 7. The number of ether oxygens (including phenoxy) is 4. The molecule has 1 amide bonds. The number of carbonyl (C=O) groups excluding carboxylic acids is 2. The van der Waals surface area contributed by atoms with Gasteiger partial charge < -0.3 is 29.4 Å². The smallest absolute Gasteiger partial charge is 0.303 e. The van der Waals surface area contributed by atoms with Crippen molar-refractivity contribution in [2.75, 3.05) is 6.61 Å². The molecule has 3 rings (SSSR count). The van der Waals surface area contributed by atoms with E-state index in [1.165, 1.54) is 18.6 Å². The number of nitrogens with one attached hydrogen (secondary N) is 1. The third-order valence-corrected chi connectivity index (χ3v) is 7.45. The van der Waals surface area contributed by atoms with Gasteiger partial charge in [-0.3, -0.25) is 9.59 Å². The third kappa shape index (κ3) is 7.88. The Morgan fingerprint density at radius 1 is 1.22 bits per heavy atom. The number of esters is 1. The second kappa shape index (κ2) is 11.8. The summed E-state index contributed by atoms with van der Waals surface area (Å²) < 4.78 is 23.1. The van der Waals surface area contributed by atoms with Crippen LogP contribution in [0.15, 0.2) is 23.8 Å². The highest BCUT2D eigenvalue weighted by Crippen LogP contribution is 2.48. The van der Waals surface area contributed by atoms with Crippen LogP contribution >= 0.6 is 0 Å². The first-order valence-electron chi connectivity index (χ1n) is 13.3. The monoisotopic (exact) mass is 507 g/mol. The zero-order valence-corrected chi connectivity index (χ0v) is 22.9. The van der Waals surface area contributed by atoms with Gasteiger partial charge in [0.2, 0.25) is 5.91 Å². The Morgan fingerprint density at radius 2 is 1.92 bits per heavy atom. The van der Waals surface area contributed by atoms with Crippen molar-refractivity contribution in [3.63, 3.8) is 0 Å². The minimum atomic E-state index is -0.595. The van der Waals surface area contributed by atoms with Crippen LogP contribution in [-0.2, 0) is 28.5 Å². The van der Waals surface area contributed by atoms with Gasteiger partial charge in [0.05, 0.1) is 36.6 Å². The fourth-order valence-electron chi connectivity index (χ4n) is 5.62. The van der Waals surface area contributed by atoms with Crippen molar-refractivity contribution in [3.8, 4) is 0 Å². The molecular weight excluding hydrogens is 462 g/mol. The standard InChI is InChI=1S/C28H45NO7/c1-17(14-18(2)25-26(32)28(16-33-28)15-27(6,7)36-25)8-10-22-11-12-23(20(4)35-22)29-24(31)13-9-19(3)34-21(5)30/h8-9,13,18-20,22-23,25-26,32H,10-12,14-16H2,1-7H3,(H,29,31)/b13-9-,17-8+/t18?,19-,20+,22-,23+,25?,26+,28+/m0/s1. The van der Waals surface area contributed by atoms with Gasteiger partial charge in [-0.15, -0.1) is 0 Å². The van der Waals surface area contributed by atoms with Crippen LogP contribution in [-0.4, -0.2) is 71.4 Å². The average Bonchev–Trinajstić information content (AvgIpc) is 3.54. The summed E-state index contributed by atoms with van der Waals surface area (Å²) in [4.78, 5) is 23.2. The van der Waals surface area contributed by atoms with E-state index in [2.05, 4.69) is 39.1 Å². The van der Waals surface area contributed by atoms with Crippen LogP contribution < -0.4 is 5.32 Å². The van der Waals surface area contributed by atoms with Crippen molar-refractivity contribution in [2.45, 2.75) is 128 Å². The lowest BCUT2D eigenvalue weighted by molar-refractivity contribution is -0.204. The van der Waals surface area contributed by atoms with Crippen LogP contribution in [0.25, 0.3) is 0 Å². The fraction of sp³-hybridized carbons (Fsp3) is 0.786. The first-order valence-corrected chi connectivity index (χ1v) is 13.3. The van der Waals surface area contributed by atoms with Crippen molar-refractivity contribution >= 4 is 11.9 Å². The van der Waals surface area contributed by atoms with Crippen LogP contribution in [0, 0.1) is 5.92 Å². The highest BCUT2D eigenvalue weighted by atomic mass is 16.6. The van der Waals surface area contributed by atoms with E-state index in [1.54, 1.807) is 13.0 Å². The van der Waals surface area contributed by atoms with Crippen LogP contribution in [0.2, 0.25) is 0 Å². The largest absolute Gasteiger partial charge is 0.459 e. The zero-order chi connectivity index (χ0) is 26.7. The molecule has 0 radical (unpaired) electrons. The predicted molar refractivity (Wildman–Crippen MR) is 136 cm³/mol. The summed E-state index contributed by atoms with van der Waals surface area (Å²) in [7, 11) is 0. The number of carbonyl (C=O) groups is 2. The molecule has 36 heavy (non-hydrogen) atoms. The number of epoxide rings is 1. The van der Waals surface area contributed by atoms with Gasteiger partial charge in [-0.1, -0.05) is 18.6 Å². The van der Waals surface area contributed by atoms with E-state index in [1.807, 2.05) is 6.92 Å². The molecule has 8 heteroatoms. The Kier molecular flexibility index (Phi) is 9.41. The van der Waals surface area contributed by atoms with Gasteiger partial charge in [0.25, 0.3) is 0 Å². The second-order valence-corrected chi connectivity index (χ2v) is 11.6. The first kappa shape index (κ1) is 28.8. The maximum atomic E-state index is 12.2. The van der Waals surface area contributed by atoms with Gasteiger partial charge in [0.1, 0.15) is 17.8 Å². The van der Waals surface area contributed by atoms with E-state index >= 15 is 0 Å². The quantitative estimate of drug-likeness (QED) is 0.213.